The quantitative estimate of drug-likeness (QED) is 0.495. The normalized spacial score (nSPS) is 12.8. The van der Waals surface area contributed by atoms with Crippen molar-refractivity contribution in [2.75, 3.05) is 0 Å². The van der Waals surface area contributed by atoms with Crippen LogP contribution < -0.4 is 11.3 Å². The van der Waals surface area contributed by atoms with E-state index in [1.54, 1.807) is 17.5 Å². The van der Waals surface area contributed by atoms with E-state index in [9.17, 15) is 0 Å². The first kappa shape index (κ1) is 14.2. The zero-order valence-corrected chi connectivity index (χ0v) is 14.3. The van der Waals surface area contributed by atoms with Crippen LogP contribution >= 0.6 is 43.2 Å². The lowest BCUT2D eigenvalue weighted by atomic mass is 10.0. The summed E-state index contributed by atoms with van der Waals surface area (Å²) in [6.07, 6.45) is 1.78. The fourth-order valence-corrected chi connectivity index (χ4v) is 4.36. The summed E-state index contributed by atoms with van der Waals surface area (Å²) < 4.78 is 3.08. The van der Waals surface area contributed by atoms with E-state index < -0.39 is 0 Å². The van der Waals surface area contributed by atoms with E-state index in [4.69, 9.17) is 5.84 Å². The molecule has 0 amide bonds. The van der Waals surface area contributed by atoms with Crippen LogP contribution in [0, 0.1) is 0 Å². The average molecular weight is 413 g/mol. The third kappa shape index (κ3) is 2.54. The lowest BCUT2D eigenvalue weighted by Crippen LogP contribution is -2.29. The number of rotatable bonds is 3. The fourth-order valence-electron chi connectivity index (χ4n) is 2.20. The third-order valence-corrected chi connectivity index (χ3v) is 5.14. The first-order chi connectivity index (χ1) is 9.70. The zero-order chi connectivity index (χ0) is 14.1. The number of benzene rings is 1. The summed E-state index contributed by atoms with van der Waals surface area (Å²) in [4.78, 5) is 4.48. The first-order valence-electron chi connectivity index (χ1n) is 5.94. The van der Waals surface area contributed by atoms with Gasteiger partial charge in [-0.1, -0.05) is 18.2 Å². The van der Waals surface area contributed by atoms with Gasteiger partial charge in [0.25, 0.3) is 0 Å². The average Bonchev–Trinajstić information content (AvgIpc) is 2.91. The van der Waals surface area contributed by atoms with Crippen molar-refractivity contribution in [3.8, 4) is 0 Å². The van der Waals surface area contributed by atoms with Gasteiger partial charge in [0.15, 0.2) is 0 Å². The molecule has 0 saturated carbocycles. The standard InChI is InChI=1S/C14H11Br2N3S/c15-9-6-11(16)13(18-7-9)12(19-17)10-3-1-2-8-4-5-20-14(8)10/h1-7,12,19H,17H2. The second-order valence-electron chi connectivity index (χ2n) is 4.31. The van der Waals surface area contributed by atoms with Crippen LogP contribution in [-0.2, 0) is 0 Å². The van der Waals surface area contributed by atoms with Crippen molar-refractivity contribution in [2.24, 2.45) is 5.84 Å². The molecule has 20 heavy (non-hydrogen) atoms. The maximum atomic E-state index is 5.79. The maximum absolute atomic E-state index is 5.79. The summed E-state index contributed by atoms with van der Waals surface area (Å²) in [7, 11) is 0. The van der Waals surface area contributed by atoms with Crippen molar-refractivity contribution in [1.82, 2.24) is 10.4 Å². The number of aromatic nitrogens is 1. The van der Waals surface area contributed by atoms with Gasteiger partial charge in [-0.05, 0) is 60.3 Å². The van der Waals surface area contributed by atoms with E-state index in [1.165, 1.54) is 10.1 Å². The largest absolute Gasteiger partial charge is 0.271 e. The number of fused-ring (bicyclic) bond motifs is 1. The summed E-state index contributed by atoms with van der Waals surface area (Å²) in [6.45, 7) is 0. The van der Waals surface area contributed by atoms with Crippen LogP contribution in [0.4, 0.5) is 0 Å². The molecule has 0 saturated heterocycles. The van der Waals surface area contributed by atoms with Crippen LogP contribution in [0.5, 0.6) is 0 Å². The maximum Gasteiger partial charge on any atom is 0.0906 e. The number of halogens is 2. The van der Waals surface area contributed by atoms with Crippen LogP contribution in [0.2, 0.25) is 0 Å². The van der Waals surface area contributed by atoms with Crippen LogP contribution in [0.15, 0.2) is 50.9 Å². The third-order valence-electron chi connectivity index (χ3n) is 3.10. The second kappa shape index (κ2) is 5.91. The Morgan fingerprint density at radius 2 is 2.10 bits per heavy atom. The minimum Gasteiger partial charge on any atom is -0.271 e. The summed E-state index contributed by atoms with van der Waals surface area (Å²) in [5.41, 5.74) is 4.88. The number of hydrogen-bond acceptors (Lipinski definition) is 4. The van der Waals surface area contributed by atoms with E-state index >= 15 is 0 Å². The molecule has 1 atom stereocenters. The molecule has 1 aromatic carbocycles. The van der Waals surface area contributed by atoms with Crippen molar-refractivity contribution in [3.05, 3.63) is 62.1 Å². The molecule has 0 bridgehead atoms. The number of nitrogens with two attached hydrogens (primary N) is 1. The Morgan fingerprint density at radius 3 is 2.85 bits per heavy atom. The molecule has 6 heteroatoms. The molecule has 0 radical (unpaired) electrons. The number of hydrogen-bond donors (Lipinski definition) is 2. The van der Waals surface area contributed by atoms with Gasteiger partial charge in [-0.3, -0.25) is 10.8 Å². The van der Waals surface area contributed by atoms with Crippen molar-refractivity contribution in [3.63, 3.8) is 0 Å². The summed E-state index contributed by atoms with van der Waals surface area (Å²) >= 11 is 8.68. The Hall–Kier alpha value is -0.790. The molecule has 3 nitrogen and oxygen atoms in total. The van der Waals surface area contributed by atoms with Crippen molar-refractivity contribution in [2.45, 2.75) is 6.04 Å². The van der Waals surface area contributed by atoms with E-state index in [0.717, 1.165) is 20.2 Å². The molecule has 2 heterocycles. The van der Waals surface area contributed by atoms with Gasteiger partial charge in [0.1, 0.15) is 0 Å². The molecule has 0 fully saturated rings. The van der Waals surface area contributed by atoms with Gasteiger partial charge in [-0.2, -0.15) is 0 Å². The number of thiophene rings is 1. The Kier molecular flexibility index (Phi) is 4.18. The first-order valence-corrected chi connectivity index (χ1v) is 8.40. The van der Waals surface area contributed by atoms with Crippen LogP contribution in [0.3, 0.4) is 0 Å². The van der Waals surface area contributed by atoms with Gasteiger partial charge < -0.3 is 0 Å². The van der Waals surface area contributed by atoms with Gasteiger partial charge in [-0.25, -0.2) is 5.43 Å². The van der Waals surface area contributed by atoms with Crippen molar-refractivity contribution < 1.29 is 0 Å². The van der Waals surface area contributed by atoms with E-state index in [0.29, 0.717) is 0 Å². The molecule has 3 N–H and O–H groups in total. The monoisotopic (exact) mass is 411 g/mol. The molecular formula is C14H11Br2N3S. The molecule has 0 spiro atoms. The second-order valence-corrected chi connectivity index (χ2v) is 6.99. The molecule has 2 aromatic heterocycles. The van der Waals surface area contributed by atoms with Crippen molar-refractivity contribution in [1.29, 1.82) is 0 Å². The minimum absolute atomic E-state index is 0.153. The SMILES string of the molecule is NNC(c1ncc(Br)cc1Br)c1cccc2ccsc12. The Labute approximate surface area is 137 Å². The molecule has 1 unspecified atom stereocenters. The van der Waals surface area contributed by atoms with Gasteiger partial charge in [0, 0.05) is 19.8 Å². The molecule has 0 aliphatic heterocycles. The summed E-state index contributed by atoms with van der Waals surface area (Å²) in [5, 5.41) is 3.31. The molecular weight excluding hydrogens is 402 g/mol. The van der Waals surface area contributed by atoms with E-state index in [2.05, 4.69) is 65.8 Å². The Balaban J connectivity index is 2.16. The topological polar surface area (TPSA) is 50.9 Å². The number of pyridine rings is 1. The number of nitrogens with one attached hydrogen (secondary N) is 1. The van der Waals surface area contributed by atoms with Crippen LogP contribution in [0.1, 0.15) is 17.3 Å². The number of nitrogens with zero attached hydrogens (tertiary/aromatic N) is 1. The lowest BCUT2D eigenvalue weighted by molar-refractivity contribution is 0.622. The highest BCUT2D eigenvalue weighted by Crippen LogP contribution is 2.34. The highest BCUT2D eigenvalue weighted by Gasteiger charge is 2.19. The highest BCUT2D eigenvalue weighted by atomic mass is 79.9. The Bertz CT molecular complexity index is 757. The van der Waals surface area contributed by atoms with Crippen molar-refractivity contribution >= 4 is 53.3 Å². The van der Waals surface area contributed by atoms with Gasteiger partial charge >= 0.3 is 0 Å². The van der Waals surface area contributed by atoms with Gasteiger partial charge in [0.05, 0.1) is 11.7 Å². The number of hydrazine groups is 1. The van der Waals surface area contributed by atoms with Crippen LogP contribution in [0.25, 0.3) is 10.1 Å². The molecule has 0 aliphatic carbocycles. The molecule has 3 aromatic rings. The van der Waals surface area contributed by atoms with E-state index in [-0.39, 0.29) is 6.04 Å². The van der Waals surface area contributed by atoms with Gasteiger partial charge in [-0.15, -0.1) is 11.3 Å². The predicted octanol–water partition coefficient (Wildman–Crippen LogP) is 4.37. The molecule has 102 valence electrons. The molecule has 0 aliphatic rings. The zero-order valence-electron chi connectivity index (χ0n) is 10.3. The minimum atomic E-state index is -0.153. The predicted molar refractivity (Wildman–Crippen MR) is 90.6 cm³/mol. The van der Waals surface area contributed by atoms with Gasteiger partial charge in [0.2, 0.25) is 0 Å². The van der Waals surface area contributed by atoms with E-state index in [1.807, 2.05) is 12.1 Å². The van der Waals surface area contributed by atoms with Crippen LogP contribution in [-0.4, -0.2) is 4.98 Å². The lowest BCUT2D eigenvalue weighted by Gasteiger charge is -2.18. The highest BCUT2D eigenvalue weighted by molar-refractivity contribution is 9.11. The summed E-state index contributed by atoms with van der Waals surface area (Å²) in [5.74, 6) is 5.79. The smallest absolute Gasteiger partial charge is 0.0906 e. The Morgan fingerprint density at radius 1 is 1.25 bits per heavy atom. The fraction of sp³-hybridized carbons (Fsp3) is 0.0714. The summed E-state index contributed by atoms with van der Waals surface area (Å²) in [6, 6.07) is 10.2. The molecule has 3 rings (SSSR count).